The molecule has 49 heavy (non-hydrogen) atoms. The Bertz CT molecular complexity index is 1330. The van der Waals surface area contributed by atoms with E-state index in [1.165, 1.54) is 6.92 Å². The molecule has 0 aliphatic carbocycles. The van der Waals surface area contributed by atoms with Crippen molar-refractivity contribution in [3.05, 3.63) is 71.8 Å². The summed E-state index contributed by atoms with van der Waals surface area (Å²) >= 11 is 0. The van der Waals surface area contributed by atoms with Gasteiger partial charge in [0.25, 0.3) is 0 Å². The van der Waals surface area contributed by atoms with Gasteiger partial charge >= 0.3 is 24.2 Å². The maximum absolute atomic E-state index is 12.8. The summed E-state index contributed by atoms with van der Waals surface area (Å²) in [5.41, 5.74) is 7.05. The molecule has 6 N–H and O–H groups in total. The maximum atomic E-state index is 12.8. The molecule has 270 valence electrons. The third-order valence-corrected chi connectivity index (χ3v) is 6.55. The molecule has 0 aromatic heterocycles. The lowest BCUT2D eigenvalue weighted by Crippen LogP contribution is -2.43. The van der Waals surface area contributed by atoms with Crippen LogP contribution in [-0.2, 0) is 46.7 Å². The molecule has 2 aromatic carbocycles. The van der Waals surface area contributed by atoms with Crippen molar-refractivity contribution >= 4 is 35.6 Å². The molecule has 0 bridgehead atoms. The number of carbonyl (C=O) groups is 6. The highest BCUT2D eigenvalue weighted by Gasteiger charge is 2.38. The second-order valence-electron chi connectivity index (χ2n) is 10.7. The number of alkyl halides is 3. The van der Waals surface area contributed by atoms with Gasteiger partial charge < -0.3 is 36.3 Å². The van der Waals surface area contributed by atoms with Crippen molar-refractivity contribution in [2.24, 2.45) is 5.73 Å². The minimum atomic E-state index is -5.08. The van der Waals surface area contributed by atoms with Crippen LogP contribution in [0, 0.1) is 0 Å². The van der Waals surface area contributed by atoms with E-state index in [2.05, 4.69) is 16.0 Å². The summed E-state index contributed by atoms with van der Waals surface area (Å²) in [6.07, 6.45) is -3.36. The lowest BCUT2D eigenvalue weighted by Gasteiger charge is -2.18. The molecular formula is C33H43F3N4O9. The van der Waals surface area contributed by atoms with Crippen molar-refractivity contribution in [1.29, 1.82) is 0 Å². The Morgan fingerprint density at radius 1 is 0.776 bits per heavy atom. The van der Waals surface area contributed by atoms with Crippen LogP contribution in [0.15, 0.2) is 60.7 Å². The van der Waals surface area contributed by atoms with Gasteiger partial charge in [-0.05, 0) is 49.8 Å². The number of Topliss-reactive ketones (excluding diaryl/α,β-unsaturated/α-hetero) is 1. The number of nitrogens with one attached hydrogen (secondary N) is 3. The predicted molar refractivity (Wildman–Crippen MR) is 170 cm³/mol. The fourth-order valence-corrected chi connectivity index (χ4v) is 4.06. The van der Waals surface area contributed by atoms with Crippen LogP contribution in [0.4, 0.5) is 18.0 Å². The van der Waals surface area contributed by atoms with Gasteiger partial charge in [0.05, 0.1) is 6.04 Å². The number of ketones is 1. The molecule has 2 atom stereocenters. The van der Waals surface area contributed by atoms with Gasteiger partial charge in [-0.2, -0.15) is 13.2 Å². The normalized spacial score (nSPS) is 11.9. The number of halogens is 3. The number of carboxylic acids is 1. The first-order valence-corrected chi connectivity index (χ1v) is 15.5. The number of alkyl carbamates (subject to hydrolysis) is 1. The van der Waals surface area contributed by atoms with Crippen LogP contribution >= 0.6 is 0 Å². The van der Waals surface area contributed by atoms with Crippen molar-refractivity contribution < 1.29 is 56.5 Å². The molecule has 0 fully saturated rings. The number of esters is 1. The van der Waals surface area contributed by atoms with Crippen molar-refractivity contribution in [3.8, 4) is 0 Å². The SMILES string of the molecule is CC(=O)N[C@@H](CCCCNC(=O)CC[C@H](NC(=O)OCc1ccccc1)C(=O)OCc1ccccc1)C(=O)CCCN.O=C(O)C(F)(F)F. The van der Waals surface area contributed by atoms with Crippen molar-refractivity contribution in [2.75, 3.05) is 13.1 Å². The molecule has 0 aliphatic rings. The Morgan fingerprint density at radius 2 is 1.33 bits per heavy atom. The Labute approximate surface area is 282 Å². The van der Waals surface area contributed by atoms with E-state index in [0.29, 0.717) is 45.2 Å². The minimum Gasteiger partial charge on any atom is -0.475 e. The number of amides is 3. The molecule has 2 aromatic rings. The topological polar surface area (TPSA) is 203 Å². The molecule has 3 amide bonds. The molecular weight excluding hydrogens is 653 g/mol. The molecule has 0 radical (unpaired) electrons. The van der Waals surface area contributed by atoms with Crippen molar-refractivity contribution in [1.82, 2.24) is 16.0 Å². The largest absolute Gasteiger partial charge is 0.490 e. The monoisotopic (exact) mass is 696 g/mol. The summed E-state index contributed by atoms with van der Waals surface area (Å²) < 4.78 is 42.4. The average molecular weight is 697 g/mol. The second-order valence-corrected chi connectivity index (χ2v) is 10.7. The van der Waals surface area contributed by atoms with E-state index in [-0.39, 0.29) is 43.7 Å². The van der Waals surface area contributed by atoms with Gasteiger partial charge in [-0.15, -0.1) is 0 Å². The van der Waals surface area contributed by atoms with Crippen LogP contribution < -0.4 is 21.7 Å². The fourth-order valence-electron chi connectivity index (χ4n) is 4.06. The van der Waals surface area contributed by atoms with E-state index in [1.54, 1.807) is 0 Å². The van der Waals surface area contributed by atoms with Crippen LogP contribution in [-0.4, -0.2) is 72.1 Å². The van der Waals surface area contributed by atoms with E-state index in [4.69, 9.17) is 25.1 Å². The molecule has 16 heteroatoms. The zero-order chi connectivity index (χ0) is 36.7. The molecule has 0 saturated heterocycles. The standard InChI is InChI=1S/C31H42N4O7.C2HF3O2/c1-23(36)34-26(28(37)16-10-19-32)15-8-9-20-33-29(38)18-17-27(30(39)41-21-24-11-4-2-5-12-24)35-31(40)42-22-25-13-6-3-7-14-25;3-2(4,5)1(6)7/h2-7,11-14,26-27H,8-10,15-22,32H2,1H3,(H,33,38)(H,34,36)(H,35,40);(H,6,7)/t26-,27-;/m0./s1. The molecule has 0 heterocycles. The first kappa shape index (κ1) is 42.0. The number of ether oxygens (including phenoxy) is 2. The number of rotatable bonds is 19. The highest BCUT2D eigenvalue weighted by atomic mass is 19.4. The number of nitrogens with two attached hydrogens (primary N) is 1. The summed E-state index contributed by atoms with van der Waals surface area (Å²) in [6, 6.07) is 16.6. The number of aliphatic carboxylic acids is 1. The highest BCUT2D eigenvalue weighted by Crippen LogP contribution is 2.13. The smallest absolute Gasteiger partial charge is 0.475 e. The predicted octanol–water partition coefficient (Wildman–Crippen LogP) is 3.54. The number of hydrogen-bond acceptors (Lipinski definition) is 9. The lowest BCUT2D eigenvalue weighted by atomic mass is 10.0. The fraction of sp³-hybridized carbons (Fsp3) is 0.455. The van der Waals surface area contributed by atoms with Gasteiger partial charge in [0.1, 0.15) is 19.3 Å². The zero-order valence-electron chi connectivity index (χ0n) is 27.1. The van der Waals surface area contributed by atoms with E-state index in [9.17, 15) is 37.1 Å². The second kappa shape index (κ2) is 23.4. The maximum Gasteiger partial charge on any atom is 0.490 e. The van der Waals surface area contributed by atoms with Gasteiger partial charge in [0.2, 0.25) is 11.8 Å². The Balaban J connectivity index is 0.00000154. The average Bonchev–Trinajstić information content (AvgIpc) is 3.06. The summed E-state index contributed by atoms with van der Waals surface area (Å²) in [5, 5.41) is 15.1. The summed E-state index contributed by atoms with van der Waals surface area (Å²) in [7, 11) is 0. The van der Waals surface area contributed by atoms with E-state index in [0.717, 1.165) is 11.1 Å². The number of unbranched alkanes of at least 4 members (excludes halogenated alkanes) is 1. The Hall–Kier alpha value is -4.99. The zero-order valence-corrected chi connectivity index (χ0v) is 27.1. The Kier molecular flexibility index (Phi) is 20.0. The van der Waals surface area contributed by atoms with Gasteiger partial charge in [-0.1, -0.05) is 60.7 Å². The third kappa shape index (κ3) is 20.1. The Morgan fingerprint density at radius 3 is 1.84 bits per heavy atom. The van der Waals surface area contributed by atoms with E-state index in [1.807, 2.05) is 60.7 Å². The molecule has 0 saturated carbocycles. The lowest BCUT2D eigenvalue weighted by molar-refractivity contribution is -0.192. The molecule has 0 aliphatic heterocycles. The van der Waals surface area contributed by atoms with Gasteiger partial charge in [-0.25, -0.2) is 14.4 Å². The summed E-state index contributed by atoms with van der Waals surface area (Å²) in [5.74, 6) is -4.06. The number of hydrogen-bond donors (Lipinski definition) is 5. The van der Waals surface area contributed by atoms with Crippen LogP contribution in [0.1, 0.15) is 63.0 Å². The van der Waals surface area contributed by atoms with Crippen LogP contribution in [0.25, 0.3) is 0 Å². The van der Waals surface area contributed by atoms with E-state index < -0.39 is 36.3 Å². The van der Waals surface area contributed by atoms with E-state index >= 15 is 0 Å². The van der Waals surface area contributed by atoms with Crippen LogP contribution in [0.3, 0.4) is 0 Å². The number of carbonyl (C=O) groups excluding carboxylic acids is 5. The van der Waals surface area contributed by atoms with Crippen LogP contribution in [0.5, 0.6) is 0 Å². The van der Waals surface area contributed by atoms with Gasteiger partial charge in [0.15, 0.2) is 5.78 Å². The highest BCUT2D eigenvalue weighted by molar-refractivity contribution is 5.88. The number of benzene rings is 2. The first-order valence-electron chi connectivity index (χ1n) is 15.5. The molecule has 0 spiro atoms. The number of carboxylic acid groups (broad SMARTS) is 1. The van der Waals surface area contributed by atoms with Gasteiger partial charge in [-0.3, -0.25) is 14.4 Å². The first-order chi connectivity index (χ1) is 23.2. The molecule has 13 nitrogen and oxygen atoms in total. The van der Waals surface area contributed by atoms with Gasteiger partial charge in [0, 0.05) is 26.3 Å². The molecule has 2 rings (SSSR count). The third-order valence-electron chi connectivity index (χ3n) is 6.55. The van der Waals surface area contributed by atoms with Crippen molar-refractivity contribution in [3.63, 3.8) is 0 Å². The molecule has 0 unspecified atom stereocenters. The summed E-state index contributed by atoms with van der Waals surface area (Å²) in [6.45, 7) is 2.18. The quantitative estimate of drug-likeness (QED) is 0.107. The minimum absolute atomic E-state index is 0.0140. The van der Waals surface area contributed by atoms with Crippen molar-refractivity contribution in [2.45, 2.75) is 83.3 Å². The summed E-state index contributed by atoms with van der Waals surface area (Å²) in [4.78, 5) is 70.4. The van der Waals surface area contributed by atoms with Crippen LogP contribution in [0.2, 0.25) is 0 Å².